The lowest BCUT2D eigenvalue weighted by molar-refractivity contribution is -0.127. The number of aliphatic imine (C=N–C) groups is 1. The number of unbranched alkanes of at least 4 members (excludes halogenated alkanes) is 1. The third kappa shape index (κ3) is 9.64. The number of guanidine groups is 1. The second-order valence-electron chi connectivity index (χ2n) is 8.31. The number of hydrogen-bond donors (Lipinski definition) is 2. The van der Waals surface area contributed by atoms with Gasteiger partial charge in [-0.3, -0.25) is 9.79 Å². The van der Waals surface area contributed by atoms with Gasteiger partial charge in [-0.05, 0) is 52.3 Å². The predicted octanol–water partition coefficient (Wildman–Crippen LogP) is 2.98. The van der Waals surface area contributed by atoms with Crippen molar-refractivity contribution in [2.45, 2.75) is 45.6 Å². The van der Waals surface area contributed by atoms with Gasteiger partial charge in [-0.25, -0.2) is 0 Å². The van der Waals surface area contributed by atoms with Gasteiger partial charge < -0.3 is 20.4 Å². The first-order chi connectivity index (χ1) is 14.0. The number of nitrogens with zero attached hydrogens (tertiary/aromatic N) is 3. The van der Waals surface area contributed by atoms with E-state index in [1.54, 1.807) is 7.05 Å². The van der Waals surface area contributed by atoms with Crippen molar-refractivity contribution in [2.75, 3.05) is 46.8 Å². The summed E-state index contributed by atoms with van der Waals surface area (Å²) in [5, 5.41) is 6.78. The molecule has 1 fully saturated rings. The van der Waals surface area contributed by atoms with Gasteiger partial charge in [0, 0.05) is 51.6 Å². The second kappa shape index (κ2) is 14.6. The summed E-state index contributed by atoms with van der Waals surface area (Å²) in [6, 6.07) is 11.0. The summed E-state index contributed by atoms with van der Waals surface area (Å²) in [4.78, 5) is 21.0. The maximum absolute atomic E-state index is 12.3. The normalized spacial score (nSPS) is 16.9. The SMILES string of the molecule is CN=C(NCCCCN(C)C(C)C)NCC1CC(=O)N(CCc2ccccc2)C1.I. The zero-order valence-corrected chi connectivity index (χ0v) is 21.4. The average molecular weight is 530 g/mol. The molecule has 0 spiro atoms. The van der Waals surface area contributed by atoms with E-state index in [2.05, 4.69) is 65.7 Å². The van der Waals surface area contributed by atoms with Crippen LogP contribution in [0.3, 0.4) is 0 Å². The Morgan fingerprint density at radius 3 is 2.63 bits per heavy atom. The highest BCUT2D eigenvalue weighted by molar-refractivity contribution is 14.0. The molecule has 1 heterocycles. The van der Waals surface area contributed by atoms with E-state index in [0.29, 0.717) is 18.4 Å². The van der Waals surface area contributed by atoms with E-state index in [1.165, 1.54) is 12.0 Å². The van der Waals surface area contributed by atoms with Crippen LogP contribution >= 0.6 is 24.0 Å². The number of amides is 1. The van der Waals surface area contributed by atoms with Gasteiger partial charge in [0.1, 0.15) is 0 Å². The van der Waals surface area contributed by atoms with Crippen LogP contribution in [-0.2, 0) is 11.2 Å². The van der Waals surface area contributed by atoms with Gasteiger partial charge in [0.2, 0.25) is 5.91 Å². The molecule has 0 aliphatic carbocycles. The number of halogens is 1. The van der Waals surface area contributed by atoms with Crippen LogP contribution in [0.1, 0.15) is 38.7 Å². The second-order valence-corrected chi connectivity index (χ2v) is 8.31. The lowest BCUT2D eigenvalue weighted by Gasteiger charge is -2.21. The van der Waals surface area contributed by atoms with Crippen molar-refractivity contribution in [1.29, 1.82) is 0 Å². The molecule has 30 heavy (non-hydrogen) atoms. The molecule has 1 unspecified atom stereocenters. The summed E-state index contributed by atoms with van der Waals surface area (Å²) in [5.74, 6) is 1.44. The van der Waals surface area contributed by atoms with Gasteiger partial charge in [-0.2, -0.15) is 0 Å². The summed E-state index contributed by atoms with van der Waals surface area (Å²) in [5.41, 5.74) is 1.28. The van der Waals surface area contributed by atoms with Crippen LogP contribution in [0, 0.1) is 5.92 Å². The molecular formula is C23H40IN5O. The lowest BCUT2D eigenvalue weighted by atomic mass is 10.1. The van der Waals surface area contributed by atoms with E-state index in [1.807, 2.05) is 11.0 Å². The Hall–Kier alpha value is -1.35. The van der Waals surface area contributed by atoms with Gasteiger partial charge >= 0.3 is 0 Å². The summed E-state index contributed by atoms with van der Waals surface area (Å²) >= 11 is 0. The minimum Gasteiger partial charge on any atom is -0.356 e. The molecule has 1 aliphatic rings. The highest BCUT2D eigenvalue weighted by Gasteiger charge is 2.29. The monoisotopic (exact) mass is 529 g/mol. The van der Waals surface area contributed by atoms with E-state index < -0.39 is 0 Å². The highest BCUT2D eigenvalue weighted by Crippen LogP contribution is 2.17. The predicted molar refractivity (Wildman–Crippen MR) is 137 cm³/mol. The van der Waals surface area contributed by atoms with Crippen LogP contribution in [0.25, 0.3) is 0 Å². The quantitative estimate of drug-likeness (QED) is 0.200. The summed E-state index contributed by atoms with van der Waals surface area (Å²) in [6.45, 7) is 8.89. The minimum atomic E-state index is 0. The van der Waals surface area contributed by atoms with E-state index in [0.717, 1.165) is 51.5 Å². The van der Waals surface area contributed by atoms with Crippen LogP contribution < -0.4 is 10.6 Å². The molecule has 6 nitrogen and oxygen atoms in total. The van der Waals surface area contributed by atoms with Crippen molar-refractivity contribution in [1.82, 2.24) is 20.4 Å². The largest absolute Gasteiger partial charge is 0.356 e. The van der Waals surface area contributed by atoms with Crippen molar-refractivity contribution in [2.24, 2.45) is 10.9 Å². The van der Waals surface area contributed by atoms with Crippen LogP contribution in [0.15, 0.2) is 35.3 Å². The van der Waals surface area contributed by atoms with Crippen LogP contribution in [0.5, 0.6) is 0 Å². The minimum absolute atomic E-state index is 0. The fourth-order valence-corrected chi connectivity index (χ4v) is 3.53. The molecule has 0 radical (unpaired) electrons. The fourth-order valence-electron chi connectivity index (χ4n) is 3.53. The van der Waals surface area contributed by atoms with Gasteiger partial charge in [0.05, 0.1) is 0 Å². The van der Waals surface area contributed by atoms with Crippen molar-refractivity contribution in [3.05, 3.63) is 35.9 Å². The molecule has 0 bridgehead atoms. The van der Waals surface area contributed by atoms with E-state index in [9.17, 15) is 4.79 Å². The topological polar surface area (TPSA) is 60.0 Å². The van der Waals surface area contributed by atoms with Gasteiger partial charge in [0.25, 0.3) is 0 Å². The van der Waals surface area contributed by atoms with Crippen LogP contribution in [0.2, 0.25) is 0 Å². The standard InChI is InChI=1S/C23H39N5O.HI/c1-19(2)27(4)14-9-8-13-25-23(24-3)26-17-21-16-22(29)28(18-21)15-12-20-10-6-5-7-11-20;/h5-7,10-11,19,21H,8-9,12-18H2,1-4H3,(H2,24,25,26);1H. The Morgan fingerprint density at radius 2 is 1.97 bits per heavy atom. The third-order valence-electron chi connectivity index (χ3n) is 5.70. The van der Waals surface area contributed by atoms with Crippen LogP contribution in [0.4, 0.5) is 0 Å². The number of hydrogen-bond acceptors (Lipinski definition) is 3. The Labute approximate surface area is 199 Å². The molecule has 2 N–H and O–H groups in total. The first-order valence-corrected chi connectivity index (χ1v) is 11.0. The zero-order valence-electron chi connectivity index (χ0n) is 19.1. The van der Waals surface area contributed by atoms with E-state index >= 15 is 0 Å². The molecule has 1 aromatic carbocycles. The molecule has 1 aromatic rings. The number of benzene rings is 1. The van der Waals surface area contributed by atoms with Crippen molar-refractivity contribution >= 4 is 35.8 Å². The Morgan fingerprint density at radius 1 is 1.23 bits per heavy atom. The highest BCUT2D eigenvalue weighted by atomic mass is 127. The number of likely N-dealkylation sites (tertiary alicyclic amines) is 1. The summed E-state index contributed by atoms with van der Waals surface area (Å²) in [6.07, 6.45) is 3.83. The first-order valence-electron chi connectivity index (χ1n) is 11.0. The number of rotatable bonds is 11. The van der Waals surface area contributed by atoms with Crippen molar-refractivity contribution in [3.63, 3.8) is 0 Å². The lowest BCUT2D eigenvalue weighted by Crippen LogP contribution is -2.40. The fraction of sp³-hybridized carbons (Fsp3) is 0.652. The number of carbonyl (C=O) groups excluding carboxylic acids is 1. The smallest absolute Gasteiger partial charge is 0.223 e. The molecular weight excluding hydrogens is 489 g/mol. The average Bonchev–Trinajstić information content (AvgIpc) is 3.08. The molecule has 0 saturated carbocycles. The van der Waals surface area contributed by atoms with E-state index in [4.69, 9.17) is 0 Å². The summed E-state index contributed by atoms with van der Waals surface area (Å²) < 4.78 is 0. The molecule has 1 amide bonds. The summed E-state index contributed by atoms with van der Waals surface area (Å²) in [7, 11) is 3.97. The molecule has 1 saturated heterocycles. The van der Waals surface area contributed by atoms with E-state index in [-0.39, 0.29) is 29.9 Å². The van der Waals surface area contributed by atoms with Crippen molar-refractivity contribution in [3.8, 4) is 0 Å². The maximum atomic E-state index is 12.3. The van der Waals surface area contributed by atoms with Gasteiger partial charge in [-0.1, -0.05) is 30.3 Å². The van der Waals surface area contributed by atoms with Gasteiger partial charge in [-0.15, -0.1) is 24.0 Å². The Balaban J connectivity index is 0.00000450. The first kappa shape index (κ1) is 26.7. The molecule has 7 heteroatoms. The molecule has 0 aromatic heterocycles. The number of carbonyl (C=O) groups is 1. The zero-order chi connectivity index (χ0) is 21.1. The third-order valence-corrected chi connectivity index (χ3v) is 5.70. The van der Waals surface area contributed by atoms with Crippen molar-refractivity contribution < 1.29 is 4.79 Å². The Bertz CT molecular complexity index is 638. The molecule has 2 rings (SSSR count). The number of nitrogens with one attached hydrogen (secondary N) is 2. The van der Waals surface area contributed by atoms with Crippen LogP contribution in [-0.4, -0.2) is 74.5 Å². The van der Waals surface area contributed by atoms with Gasteiger partial charge in [0.15, 0.2) is 5.96 Å². The maximum Gasteiger partial charge on any atom is 0.223 e. The molecule has 1 atom stereocenters. The molecule has 1 aliphatic heterocycles. The molecule has 170 valence electrons. The Kier molecular flexibility index (Phi) is 13.0.